The summed E-state index contributed by atoms with van der Waals surface area (Å²) in [6, 6.07) is 8.00. The van der Waals surface area contributed by atoms with Gasteiger partial charge < -0.3 is 15.0 Å². The van der Waals surface area contributed by atoms with Crippen LogP contribution in [0.15, 0.2) is 30.5 Å². The van der Waals surface area contributed by atoms with Crippen LogP contribution in [-0.4, -0.2) is 29.0 Å². The molecule has 2 aromatic rings. The number of aromatic nitrogens is 1. The predicted octanol–water partition coefficient (Wildman–Crippen LogP) is 3.34. The van der Waals surface area contributed by atoms with Crippen molar-refractivity contribution in [3.63, 3.8) is 0 Å². The molecule has 0 radical (unpaired) electrons. The number of hydrogen-bond donors (Lipinski definition) is 2. The zero-order valence-electron chi connectivity index (χ0n) is 14.9. The van der Waals surface area contributed by atoms with Crippen LogP contribution < -0.4 is 5.32 Å². The molecule has 134 valence electrons. The molecule has 1 aliphatic carbocycles. The Bertz CT molecular complexity index is 752. The predicted molar refractivity (Wildman–Crippen MR) is 97.1 cm³/mol. The van der Waals surface area contributed by atoms with Crippen LogP contribution in [0.4, 0.5) is 0 Å². The van der Waals surface area contributed by atoms with Gasteiger partial charge in [0, 0.05) is 23.1 Å². The van der Waals surface area contributed by atoms with Crippen LogP contribution in [0.2, 0.25) is 0 Å². The Hall–Kier alpha value is -2.30. The lowest BCUT2D eigenvalue weighted by molar-refractivity contribution is -0.154. The van der Waals surface area contributed by atoms with E-state index in [0.717, 1.165) is 35.7 Å². The van der Waals surface area contributed by atoms with Crippen molar-refractivity contribution >= 4 is 22.8 Å². The summed E-state index contributed by atoms with van der Waals surface area (Å²) in [6.45, 7) is 3.80. The Kier molecular flexibility index (Phi) is 5.41. The number of carbonyl (C=O) groups is 2. The lowest BCUT2D eigenvalue weighted by Gasteiger charge is -2.30. The number of carbonyl (C=O) groups excluding carboxylic acids is 2. The van der Waals surface area contributed by atoms with Crippen molar-refractivity contribution in [3.05, 3.63) is 36.0 Å². The Morgan fingerprint density at radius 1 is 1.28 bits per heavy atom. The highest BCUT2D eigenvalue weighted by Gasteiger charge is 2.26. The number of esters is 1. The largest absolute Gasteiger partial charge is 0.452 e. The number of aromatic amines is 1. The van der Waals surface area contributed by atoms with E-state index in [0.29, 0.717) is 5.92 Å². The average Bonchev–Trinajstić information content (AvgIpc) is 3.00. The normalized spacial score (nSPS) is 21.7. The summed E-state index contributed by atoms with van der Waals surface area (Å²) in [5.41, 5.74) is 1.87. The minimum atomic E-state index is -0.771. The van der Waals surface area contributed by atoms with Crippen molar-refractivity contribution in [2.24, 2.45) is 5.92 Å². The van der Waals surface area contributed by atoms with E-state index in [1.165, 1.54) is 6.42 Å². The van der Waals surface area contributed by atoms with Crippen molar-refractivity contribution in [2.75, 3.05) is 0 Å². The lowest BCUT2D eigenvalue weighted by atomic mass is 9.86. The van der Waals surface area contributed by atoms with Crippen molar-refractivity contribution in [2.45, 2.75) is 58.1 Å². The van der Waals surface area contributed by atoms with Gasteiger partial charge in [0.25, 0.3) is 5.91 Å². The van der Waals surface area contributed by atoms with Gasteiger partial charge in [-0.1, -0.05) is 38.0 Å². The van der Waals surface area contributed by atoms with Crippen LogP contribution in [0, 0.1) is 5.92 Å². The zero-order valence-corrected chi connectivity index (χ0v) is 14.9. The highest BCUT2D eigenvalue weighted by atomic mass is 16.5. The maximum absolute atomic E-state index is 12.3. The van der Waals surface area contributed by atoms with Gasteiger partial charge >= 0.3 is 5.97 Å². The molecule has 5 nitrogen and oxygen atoms in total. The molecule has 3 atom stereocenters. The van der Waals surface area contributed by atoms with E-state index in [1.807, 2.05) is 30.5 Å². The van der Waals surface area contributed by atoms with Crippen LogP contribution in [0.1, 0.15) is 45.1 Å². The summed E-state index contributed by atoms with van der Waals surface area (Å²) in [5.74, 6) is -0.109. The molecule has 1 aromatic carbocycles. The molecule has 1 saturated carbocycles. The Balaban J connectivity index is 1.54. The first-order chi connectivity index (χ1) is 12.0. The van der Waals surface area contributed by atoms with E-state index in [9.17, 15) is 9.59 Å². The van der Waals surface area contributed by atoms with E-state index in [2.05, 4.69) is 17.2 Å². The molecule has 1 amide bonds. The standard InChI is InChI=1S/C20H26N2O3/c1-13-7-3-5-9-17(13)22-20(24)14(2)25-19(23)11-15-12-21-18-10-6-4-8-16(15)18/h4,6,8,10,12-14,17,21H,3,5,7,9,11H2,1-2H3,(H,22,24)/t13-,14+,17+/m0/s1. The molecule has 2 N–H and O–H groups in total. The molecule has 1 aromatic heterocycles. The van der Waals surface area contributed by atoms with E-state index >= 15 is 0 Å². The fourth-order valence-corrected chi connectivity index (χ4v) is 3.56. The minimum absolute atomic E-state index is 0.154. The van der Waals surface area contributed by atoms with Crippen molar-refractivity contribution in [3.8, 4) is 0 Å². The molecule has 25 heavy (non-hydrogen) atoms. The third-order valence-electron chi connectivity index (χ3n) is 5.13. The van der Waals surface area contributed by atoms with Crippen LogP contribution in [0.25, 0.3) is 10.9 Å². The van der Waals surface area contributed by atoms with Crippen LogP contribution >= 0.6 is 0 Å². The lowest BCUT2D eigenvalue weighted by Crippen LogP contribution is -2.46. The van der Waals surface area contributed by atoms with Gasteiger partial charge in [0.15, 0.2) is 6.10 Å². The fraction of sp³-hybridized carbons (Fsp3) is 0.500. The van der Waals surface area contributed by atoms with Crippen LogP contribution in [0.5, 0.6) is 0 Å². The van der Waals surface area contributed by atoms with Gasteiger partial charge in [-0.2, -0.15) is 0 Å². The summed E-state index contributed by atoms with van der Waals surface area (Å²) in [7, 11) is 0. The van der Waals surface area contributed by atoms with E-state index < -0.39 is 6.10 Å². The maximum Gasteiger partial charge on any atom is 0.311 e. The molecule has 3 rings (SSSR count). The number of benzene rings is 1. The molecule has 0 saturated heterocycles. The van der Waals surface area contributed by atoms with Gasteiger partial charge in [-0.3, -0.25) is 9.59 Å². The van der Waals surface area contributed by atoms with Gasteiger partial charge in [0.1, 0.15) is 0 Å². The number of rotatable bonds is 5. The first kappa shape index (κ1) is 17.5. The highest BCUT2D eigenvalue weighted by molar-refractivity contribution is 5.88. The first-order valence-electron chi connectivity index (χ1n) is 9.09. The molecule has 0 unspecified atom stereocenters. The van der Waals surface area contributed by atoms with Gasteiger partial charge in [-0.25, -0.2) is 0 Å². The van der Waals surface area contributed by atoms with Crippen molar-refractivity contribution < 1.29 is 14.3 Å². The quantitative estimate of drug-likeness (QED) is 0.819. The monoisotopic (exact) mass is 342 g/mol. The summed E-state index contributed by atoms with van der Waals surface area (Å²) >= 11 is 0. The van der Waals surface area contributed by atoms with Crippen molar-refractivity contribution in [1.29, 1.82) is 0 Å². The number of fused-ring (bicyclic) bond motifs is 1. The fourth-order valence-electron chi connectivity index (χ4n) is 3.56. The second-order valence-electron chi connectivity index (χ2n) is 7.05. The number of amides is 1. The number of nitrogens with one attached hydrogen (secondary N) is 2. The van der Waals surface area contributed by atoms with Crippen LogP contribution in [0.3, 0.4) is 0 Å². The second kappa shape index (κ2) is 7.72. The molecule has 0 aliphatic heterocycles. The molecule has 5 heteroatoms. The first-order valence-corrected chi connectivity index (χ1v) is 9.09. The molecule has 1 heterocycles. The molecule has 0 spiro atoms. The highest BCUT2D eigenvalue weighted by Crippen LogP contribution is 2.24. The van der Waals surface area contributed by atoms with Crippen LogP contribution in [-0.2, 0) is 20.7 Å². The van der Waals surface area contributed by atoms with Gasteiger partial charge in [-0.05, 0) is 37.3 Å². The summed E-state index contributed by atoms with van der Waals surface area (Å²) < 4.78 is 5.35. The Labute approximate surface area is 148 Å². The van der Waals surface area contributed by atoms with E-state index in [4.69, 9.17) is 4.74 Å². The van der Waals surface area contributed by atoms with E-state index in [1.54, 1.807) is 6.92 Å². The minimum Gasteiger partial charge on any atom is -0.452 e. The number of ether oxygens (including phenoxy) is 1. The van der Waals surface area contributed by atoms with Gasteiger partial charge in [-0.15, -0.1) is 0 Å². The van der Waals surface area contributed by atoms with E-state index in [-0.39, 0.29) is 24.3 Å². The topological polar surface area (TPSA) is 71.2 Å². The Morgan fingerprint density at radius 2 is 2.04 bits per heavy atom. The second-order valence-corrected chi connectivity index (χ2v) is 7.05. The zero-order chi connectivity index (χ0) is 17.8. The Morgan fingerprint density at radius 3 is 2.84 bits per heavy atom. The summed E-state index contributed by atoms with van der Waals surface area (Å²) in [6.07, 6.45) is 5.71. The maximum atomic E-state index is 12.3. The summed E-state index contributed by atoms with van der Waals surface area (Å²) in [5, 5.41) is 4.05. The SMILES string of the molecule is C[C@@H](OC(=O)Cc1c[nH]c2ccccc12)C(=O)N[C@@H]1CCCC[C@@H]1C. The smallest absolute Gasteiger partial charge is 0.311 e. The molecular formula is C20H26N2O3. The summed E-state index contributed by atoms with van der Waals surface area (Å²) in [4.78, 5) is 27.7. The molecule has 1 aliphatic rings. The third kappa shape index (κ3) is 4.21. The number of H-pyrrole nitrogens is 1. The number of para-hydroxylation sites is 1. The van der Waals surface area contributed by atoms with Crippen molar-refractivity contribution in [1.82, 2.24) is 10.3 Å². The number of hydrogen-bond acceptors (Lipinski definition) is 3. The molecular weight excluding hydrogens is 316 g/mol. The molecule has 1 fully saturated rings. The molecule has 0 bridgehead atoms. The van der Waals surface area contributed by atoms with Gasteiger partial charge in [0.05, 0.1) is 6.42 Å². The van der Waals surface area contributed by atoms with Gasteiger partial charge in [0.2, 0.25) is 0 Å². The third-order valence-corrected chi connectivity index (χ3v) is 5.13. The average molecular weight is 342 g/mol.